The van der Waals surface area contributed by atoms with Crippen molar-refractivity contribution in [2.45, 2.75) is 13.8 Å². The topological polar surface area (TPSA) is 66.4 Å². The van der Waals surface area contributed by atoms with E-state index in [2.05, 4.69) is 10.7 Å². The van der Waals surface area contributed by atoms with Crippen LogP contribution < -0.4 is 10.7 Å². The molecule has 0 atom stereocenters. The predicted molar refractivity (Wildman–Crippen MR) is 149 cm³/mol. The first-order chi connectivity index (χ1) is 16.5. The molecular formula is C23H16Cl4N4O2S2. The zero-order chi connectivity index (χ0) is 25.4. The van der Waals surface area contributed by atoms with Crippen molar-refractivity contribution in [1.82, 2.24) is 15.0 Å². The number of aromatic nitrogens is 1. The molecule has 0 saturated carbocycles. The summed E-state index contributed by atoms with van der Waals surface area (Å²) in [6, 6.07) is 11.3. The summed E-state index contributed by atoms with van der Waals surface area (Å²) in [5.41, 5.74) is 6.40. The number of nitrogens with one attached hydrogen (secondary N) is 2. The van der Waals surface area contributed by atoms with Gasteiger partial charge in [-0.2, -0.15) is 5.01 Å². The second-order valence-corrected chi connectivity index (χ2v) is 10.8. The SMILES string of the molecule is Cc1cc(/C=C2\SC(=S)N(NC(=O)Nc3ccc(Cl)c(Cl)c3)C2=O)c(C)n1-c1ccc(Cl)c(Cl)c1. The van der Waals surface area contributed by atoms with E-state index < -0.39 is 11.9 Å². The van der Waals surface area contributed by atoms with Crippen molar-refractivity contribution in [1.29, 1.82) is 0 Å². The highest BCUT2D eigenvalue weighted by atomic mass is 35.5. The van der Waals surface area contributed by atoms with Gasteiger partial charge in [0.2, 0.25) is 0 Å². The number of rotatable bonds is 4. The Hall–Kier alpha value is -2.20. The number of carbonyl (C=O) groups excluding carboxylic acids is 2. The monoisotopic (exact) mass is 584 g/mol. The van der Waals surface area contributed by atoms with Gasteiger partial charge in [0, 0.05) is 22.8 Å². The summed E-state index contributed by atoms with van der Waals surface area (Å²) in [6.45, 7) is 3.89. The average molecular weight is 586 g/mol. The summed E-state index contributed by atoms with van der Waals surface area (Å²) in [5, 5.41) is 5.18. The summed E-state index contributed by atoms with van der Waals surface area (Å²) >= 11 is 30.5. The molecule has 1 saturated heterocycles. The molecule has 0 spiro atoms. The Morgan fingerprint density at radius 1 is 0.971 bits per heavy atom. The minimum absolute atomic E-state index is 0.198. The number of thiocarbonyl (C=S) groups is 1. The second kappa shape index (κ2) is 10.4. The number of anilines is 1. The minimum atomic E-state index is -0.654. The lowest BCUT2D eigenvalue weighted by atomic mass is 10.2. The van der Waals surface area contributed by atoms with Crippen LogP contribution in [-0.2, 0) is 4.79 Å². The zero-order valence-electron chi connectivity index (χ0n) is 18.2. The van der Waals surface area contributed by atoms with E-state index in [1.54, 1.807) is 30.3 Å². The van der Waals surface area contributed by atoms with Gasteiger partial charge in [0.05, 0.1) is 25.0 Å². The van der Waals surface area contributed by atoms with E-state index in [-0.39, 0.29) is 9.34 Å². The number of urea groups is 1. The Morgan fingerprint density at radius 2 is 1.63 bits per heavy atom. The van der Waals surface area contributed by atoms with E-state index in [1.807, 2.05) is 30.5 Å². The third-order valence-electron chi connectivity index (χ3n) is 5.10. The number of halogens is 4. The third-order valence-corrected chi connectivity index (χ3v) is 7.88. The minimum Gasteiger partial charge on any atom is -0.318 e. The van der Waals surface area contributed by atoms with Crippen molar-refractivity contribution in [3.05, 3.63) is 84.4 Å². The van der Waals surface area contributed by atoms with E-state index in [9.17, 15) is 9.59 Å². The van der Waals surface area contributed by atoms with E-state index in [0.29, 0.717) is 25.7 Å². The van der Waals surface area contributed by atoms with E-state index >= 15 is 0 Å². The summed E-state index contributed by atoms with van der Waals surface area (Å²) in [7, 11) is 0. The number of carbonyl (C=O) groups is 2. The fraction of sp³-hybridized carbons (Fsp3) is 0.0870. The first-order valence-corrected chi connectivity index (χ1v) is 12.7. The van der Waals surface area contributed by atoms with Gasteiger partial charge in [-0.1, -0.05) is 58.2 Å². The number of nitrogens with zero attached hydrogens (tertiary/aromatic N) is 2. The highest BCUT2D eigenvalue weighted by molar-refractivity contribution is 8.26. The molecule has 3 aromatic rings. The molecule has 6 nitrogen and oxygen atoms in total. The average Bonchev–Trinajstić information content (AvgIpc) is 3.22. The maximum absolute atomic E-state index is 13.0. The van der Waals surface area contributed by atoms with Crippen LogP contribution in [0.4, 0.5) is 10.5 Å². The smallest absolute Gasteiger partial charge is 0.318 e. The number of amides is 3. The molecule has 1 fully saturated rings. The fourth-order valence-corrected chi connectivity index (χ4v) is 5.26. The predicted octanol–water partition coefficient (Wildman–Crippen LogP) is 7.65. The molecule has 3 amide bonds. The number of hydrogen-bond donors (Lipinski definition) is 2. The molecule has 2 heterocycles. The van der Waals surface area contributed by atoms with Gasteiger partial charge in [-0.05, 0) is 80.2 Å². The van der Waals surface area contributed by atoms with Crippen LogP contribution in [-0.4, -0.2) is 25.8 Å². The van der Waals surface area contributed by atoms with E-state index in [4.69, 9.17) is 58.6 Å². The van der Waals surface area contributed by atoms with Gasteiger partial charge >= 0.3 is 6.03 Å². The molecule has 2 aromatic carbocycles. The second-order valence-electron chi connectivity index (χ2n) is 7.47. The molecule has 0 unspecified atom stereocenters. The summed E-state index contributed by atoms with van der Waals surface area (Å²) < 4.78 is 2.21. The van der Waals surface area contributed by atoms with Crippen LogP contribution in [0.25, 0.3) is 11.8 Å². The van der Waals surface area contributed by atoms with Crippen molar-refractivity contribution < 1.29 is 9.59 Å². The first-order valence-electron chi connectivity index (χ1n) is 10.00. The maximum Gasteiger partial charge on any atom is 0.338 e. The molecule has 180 valence electrons. The Labute approximate surface area is 231 Å². The molecule has 4 rings (SSSR count). The molecular weight excluding hydrogens is 570 g/mol. The van der Waals surface area contributed by atoms with Crippen molar-refractivity contribution in [2.24, 2.45) is 0 Å². The molecule has 0 aliphatic carbocycles. The molecule has 12 heteroatoms. The van der Waals surface area contributed by atoms with Gasteiger partial charge in [-0.15, -0.1) is 0 Å². The highest BCUT2D eigenvalue weighted by Crippen LogP contribution is 2.34. The van der Waals surface area contributed by atoms with Gasteiger partial charge in [0.25, 0.3) is 5.91 Å². The Morgan fingerprint density at radius 3 is 2.29 bits per heavy atom. The summed E-state index contributed by atoms with van der Waals surface area (Å²) in [5.74, 6) is -0.441. The van der Waals surface area contributed by atoms with Crippen molar-refractivity contribution in [3.8, 4) is 5.69 Å². The van der Waals surface area contributed by atoms with Gasteiger partial charge in [0.1, 0.15) is 0 Å². The zero-order valence-corrected chi connectivity index (χ0v) is 22.8. The van der Waals surface area contributed by atoms with E-state index in [0.717, 1.165) is 39.4 Å². The van der Waals surface area contributed by atoms with Crippen LogP contribution in [0.5, 0.6) is 0 Å². The van der Waals surface area contributed by atoms with Crippen LogP contribution in [0.2, 0.25) is 20.1 Å². The van der Waals surface area contributed by atoms with Gasteiger partial charge in [-0.3, -0.25) is 4.79 Å². The molecule has 0 radical (unpaired) electrons. The first kappa shape index (κ1) is 25.9. The fourth-order valence-electron chi connectivity index (χ4n) is 3.49. The van der Waals surface area contributed by atoms with Gasteiger partial charge in [0.15, 0.2) is 4.32 Å². The van der Waals surface area contributed by atoms with Crippen molar-refractivity contribution >= 4 is 98.4 Å². The van der Waals surface area contributed by atoms with E-state index in [1.165, 1.54) is 6.07 Å². The van der Waals surface area contributed by atoms with Crippen LogP contribution in [0, 0.1) is 13.8 Å². The number of hydrazine groups is 1. The lowest BCUT2D eigenvalue weighted by molar-refractivity contribution is -0.123. The molecule has 35 heavy (non-hydrogen) atoms. The molecule has 2 N–H and O–H groups in total. The quantitative estimate of drug-likeness (QED) is 0.244. The third kappa shape index (κ3) is 5.48. The number of benzene rings is 2. The number of hydrogen-bond acceptors (Lipinski definition) is 4. The molecule has 1 aliphatic rings. The Bertz CT molecular complexity index is 1420. The van der Waals surface area contributed by atoms with Crippen LogP contribution in [0.3, 0.4) is 0 Å². The normalized spacial score (nSPS) is 14.7. The lowest BCUT2D eigenvalue weighted by Crippen LogP contribution is -2.46. The highest BCUT2D eigenvalue weighted by Gasteiger charge is 2.34. The Kier molecular flexibility index (Phi) is 7.71. The Balaban J connectivity index is 1.53. The van der Waals surface area contributed by atoms with Crippen LogP contribution >= 0.6 is 70.4 Å². The van der Waals surface area contributed by atoms with Crippen LogP contribution in [0.15, 0.2) is 47.4 Å². The molecule has 1 aliphatic heterocycles. The van der Waals surface area contributed by atoms with Crippen molar-refractivity contribution in [3.63, 3.8) is 0 Å². The summed E-state index contributed by atoms with van der Waals surface area (Å²) in [6.07, 6.45) is 1.74. The molecule has 1 aromatic heterocycles. The maximum atomic E-state index is 13.0. The van der Waals surface area contributed by atoms with Crippen LogP contribution in [0.1, 0.15) is 17.0 Å². The number of aryl methyl sites for hydroxylation is 1. The standard InChI is InChI=1S/C23H16Cl4N4O2S2/c1-11-7-13(12(2)30(11)15-4-6-17(25)19(27)10-15)8-20-21(32)31(23(34)35-20)29-22(33)28-14-3-5-16(24)18(26)9-14/h3-10H,1-2H3,(H2,28,29,33)/b20-8-. The van der Waals surface area contributed by atoms with Gasteiger partial charge < -0.3 is 9.88 Å². The molecule has 0 bridgehead atoms. The van der Waals surface area contributed by atoms with Crippen molar-refractivity contribution in [2.75, 3.05) is 5.32 Å². The van der Waals surface area contributed by atoms with Gasteiger partial charge in [-0.25, -0.2) is 10.2 Å². The number of thioether (sulfide) groups is 1. The summed E-state index contributed by atoms with van der Waals surface area (Å²) in [4.78, 5) is 25.8. The lowest BCUT2D eigenvalue weighted by Gasteiger charge is -2.16. The largest absolute Gasteiger partial charge is 0.338 e.